The zero-order valence-corrected chi connectivity index (χ0v) is 13.4. The summed E-state index contributed by atoms with van der Waals surface area (Å²) in [6.07, 6.45) is 3.12. The van der Waals surface area contributed by atoms with Gasteiger partial charge in [-0.2, -0.15) is 0 Å². The van der Waals surface area contributed by atoms with Crippen molar-refractivity contribution in [3.8, 4) is 0 Å². The first-order valence-electron chi connectivity index (χ1n) is 7.94. The lowest BCUT2D eigenvalue weighted by Crippen LogP contribution is -2.71. The summed E-state index contributed by atoms with van der Waals surface area (Å²) >= 11 is 0. The van der Waals surface area contributed by atoms with Crippen molar-refractivity contribution in [2.24, 2.45) is 17.8 Å². The molecule has 4 heteroatoms. The number of nitrogens with zero attached hydrogens (tertiary/aromatic N) is 1. The van der Waals surface area contributed by atoms with Gasteiger partial charge in [0, 0.05) is 6.54 Å². The molecule has 1 heterocycles. The zero-order chi connectivity index (χ0) is 15.1. The van der Waals surface area contributed by atoms with Crippen LogP contribution in [0.25, 0.3) is 0 Å². The molecule has 0 radical (unpaired) electrons. The Labute approximate surface area is 122 Å². The predicted octanol–water partition coefficient (Wildman–Crippen LogP) is 2.18. The minimum absolute atomic E-state index is 0.0253. The van der Waals surface area contributed by atoms with Gasteiger partial charge in [-0.15, -0.1) is 0 Å². The highest BCUT2D eigenvalue weighted by Gasteiger charge is 2.55. The highest BCUT2D eigenvalue weighted by molar-refractivity contribution is 6.00. The van der Waals surface area contributed by atoms with Crippen molar-refractivity contribution >= 4 is 11.8 Å². The minimum atomic E-state index is -0.671. The van der Waals surface area contributed by atoms with Gasteiger partial charge in [-0.05, 0) is 37.5 Å². The van der Waals surface area contributed by atoms with Crippen molar-refractivity contribution < 1.29 is 9.59 Å². The summed E-state index contributed by atoms with van der Waals surface area (Å²) in [6, 6.07) is -0.316. The topological polar surface area (TPSA) is 49.4 Å². The van der Waals surface area contributed by atoms with E-state index in [0.717, 1.165) is 19.3 Å². The lowest BCUT2D eigenvalue weighted by molar-refractivity contribution is -0.158. The van der Waals surface area contributed by atoms with Gasteiger partial charge in [-0.3, -0.25) is 9.59 Å². The molecule has 3 atom stereocenters. The van der Waals surface area contributed by atoms with E-state index in [1.54, 1.807) is 0 Å². The molecule has 1 aliphatic carbocycles. The third-order valence-corrected chi connectivity index (χ3v) is 4.92. The Bertz CT molecular complexity index is 403. The second-order valence-corrected chi connectivity index (χ2v) is 7.13. The molecule has 3 unspecified atom stereocenters. The molecule has 4 nitrogen and oxygen atoms in total. The molecule has 20 heavy (non-hydrogen) atoms. The Morgan fingerprint density at radius 1 is 1.30 bits per heavy atom. The van der Waals surface area contributed by atoms with Gasteiger partial charge in [0.25, 0.3) is 0 Å². The molecule has 2 fully saturated rings. The van der Waals surface area contributed by atoms with Gasteiger partial charge >= 0.3 is 0 Å². The highest BCUT2D eigenvalue weighted by atomic mass is 16.2. The van der Waals surface area contributed by atoms with E-state index in [-0.39, 0.29) is 23.8 Å². The maximum Gasteiger partial charge on any atom is 0.249 e. The van der Waals surface area contributed by atoms with Crippen molar-refractivity contribution in [3.05, 3.63) is 0 Å². The van der Waals surface area contributed by atoms with Gasteiger partial charge in [0.15, 0.2) is 0 Å². The predicted molar refractivity (Wildman–Crippen MR) is 79.1 cm³/mol. The van der Waals surface area contributed by atoms with Crippen molar-refractivity contribution in [3.63, 3.8) is 0 Å². The summed E-state index contributed by atoms with van der Waals surface area (Å²) in [7, 11) is 0. The van der Waals surface area contributed by atoms with E-state index in [4.69, 9.17) is 0 Å². The van der Waals surface area contributed by atoms with Crippen LogP contribution in [0.4, 0.5) is 0 Å². The van der Waals surface area contributed by atoms with E-state index < -0.39 is 5.54 Å². The summed E-state index contributed by atoms with van der Waals surface area (Å²) < 4.78 is 0. The van der Waals surface area contributed by atoms with E-state index in [1.807, 2.05) is 25.7 Å². The zero-order valence-electron chi connectivity index (χ0n) is 13.4. The van der Waals surface area contributed by atoms with Crippen LogP contribution >= 0.6 is 0 Å². The molecule has 0 aromatic carbocycles. The lowest BCUT2D eigenvalue weighted by Gasteiger charge is -2.46. The molecule has 2 rings (SSSR count). The average molecular weight is 280 g/mol. The Kier molecular flexibility index (Phi) is 4.12. The van der Waals surface area contributed by atoms with Gasteiger partial charge in [-0.1, -0.05) is 34.1 Å². The van der Waals surface area contributed by atoms with Crippen LogP contribution in [0.5, 0.6) is 0 Å². The van der Waals surface area contributed by atoms with E-state index in [1.165, 1.54) is 0 Å². The SMILES string of the molecule is CCC(C)CN1C(=O)C(C)(C2CC2)NC(=O)C1C(C)C. The summed E-state index contributed by atoms with van der Waals surface area (Å²) in [5.74, 6) is 1.05. The van der Waals surface area contributed by atoms with E-state index in [2.05, 4.69) is 19.2 Å². The Hall–Kier alpha value is -1.06. The smallest absolute Gasteiger partial charge is 0.249 e. The van der Waals surface area contributed by atoms with Crippen LogP contribution < -0.4 is 5.32 Å². The van der Waals surface area contributed by atoms with Crippen molar-refractivity contribution in [2.45, 2.75) is 65.5 Å². The first-order chi connectivity index (χ1) is 9.31. The van der Waals surface area contributed by atoms with Gasteiger partial charge < -0.3 is 10.2 Å². The molecular formula is C16H28N2O2. The van der Waals surface area contributed by atoms with E-state index in [0.29, 0.717) is 18.4 Å². The Morgan fingerprint density at radius 2 is 1.90 bits per heavy atom. The summed E-state index contributed by atoms with van der Waals surface area (Å²) in [6.45, 7) is 10.9. The maximum atomic E-state index is 13.0. The molecule has 0 aromatic rings. The number of hydrogen-bond donors (Lipinski definition) is 1. The quantitative estimate of drug-likeness (QED) is 0.839. The van der Waals surface area contributed by atoms with Gasteiger partial charge in [-0.25, -0.2) is 0 Å². The van der Waals surface area contributed by atoms with Crippen LogP contribution in [0.15, 0.2) is 0 Å². The Morgan fingerprint density at radius 3 is 2.35 bits per heavy atom. The molecule has 1 aliphatic heterocycles. The average Bonchev–Trinajstić information content (AvgIpc) is 3.19. The number of piperazine rings is 1. The first kappa shape index (κ1) is 15.3. The lowest BCUT2D eigenvalue weighted by atomic mass is 9.86. The molecule has 0 bridgehead atoms. The fourth-order valence-corrected chi connectivity index (χ4v) is 3.21. The van der Waals surface area contributed by atoms with Gasteiger partial charge in [0.05, 0.1) is 0 Å². The van der Waals surface area contributed by atoms with Crippen LogP contribution in [0.3, 0.4) is 0 Å². The van der Waals surface area contributed by atoms with Gasteiger partial charge in [0.2, 0.25) is 11.8 Å². The van der Waals surface area contributed by atoms with Crippen LogP contribution in [-0.2, 0) is 9.59 Å². The third kappa shape index (κ3) is 2.57. The van der Waals surface area contributed by atoms with Crippen LogP contribution in [0.1, 0.15) is 53.9 Å². The second-order valence-electron chi connectivity index (χ2n) is 7.13. The number of carbonyl (C=O) groups excluding carboxylic acids is 2. The summed E-state index contributed by atoms with van der Waals surface area (Å²) in [4.78, 5) is 27.3. The molecule has 114 valence electrons. The number of amides is 2. The standard InChI is InChI=1S/C16H28N2O2/c1-6-11(4)9-18-13(10(2)3)14(19)17-16(5,15(18)20)12-7-8-12/h10-13H,6-9H2,1-5H3,(H,17,19). The summed E-state index contributed by atoms with van der Waals surface area (Å²) in [5, 5.41) is 3.03. The fraction of sp³-hybridized carbons (Fsp3) is 0.875. The van der Waals surface area contributed by atoms with Crippen LogP contribution in [0.2, 0.25) is 0 Å². The highest BCUT2D eigenvalue weighted by Crippen LogP contribution is 2.42. The molecule has 1 saturated carbocycles. The Balaban J connectivity index is 2.28. The van der Waals surface area contributed by atoms with E-state index >= 15 is 0 Å². The minimum Gasteiger partial charge on any atom is -0.340 e. The first-order valence-corrected chi connectivity index (χ1v) is 7.94. The van der Waals surface area contributed by atoms with Crippen LogP contribution in [0, 0.1) is 17.8 Å². The maximum absolute atomic E-state index is 13.0. The van der Waals surface area contributed by atoms with E-state index in [9.17, 15) is 9.59 Å². The number of carbonyl (C=O) groups is 2. The molecule has 2 aliphatic rings. The largest absolute Gasteiger partial charge is 0.340 e. The number of rotatable bonds is 5. The van der Waals surface area contributed by atoms with Crippen molar-refractivity contribution in [1.82, 2.24) is 10.2 Å². The number of nitrogens with one attached hydrogen (secondary N) is 1. The molecule has 1 N–H and O–H groups in total. The summed E-state index contributed by atoms with van der Waals surface area (Å²) in [5.41, 5.74) is -0.671. The molecule has 2 amide bonds. The third-order valence-electron chi connectivity index (χ3n) is 4.92. The molecule has 0 aromatic heterocycles. The number of hydrogen-bond acceptors (Lipinski definition) is 2. The van der Waals surface area contributed by atoms with Crippen molar-refractivity contribution in [1.29, 1.82) is 0 Å². The normalized spacial score (nSPS) is 32.5. The molecule has 1 saturated heterocycles. The van der Waals surface area contributed by atoms with Gasteiger partial charge in [0.1, 0.15) is 11.6 Å². The fourth-order valence-electron chi connectivity index (χ4n) is 3.21. The van der Waals surface area contributed by atoms with Crippen LogP contribution in [-0.4, -0.2) is 34.8 Å². The molecular weight excluding hydrogens is 252 g/mol. The monoisotopic (exact) mass is 280 g/mol. The van der Waals surface area contributed by atoms with Crippen molar-refractivity contribution in [2.75, 3.05) is 6.54 Å². The second kappa shape index (κ2) is 5.38. The molecule has 0 spiro atoms.